The van der Waals surface area contributed by atoms with Crippen molar-refractivity contribution >= 4 is 25.5 Å². The Balaban J connectivity index is 1.94. The van der Waals surface area contributed by atoms with E-state index >= 15 is 0 Å². The number of anilines is 1. The number of nitrogens with zero attached hydrogens (tertiary/aromatic N) is 1. The Morgan fingerprint density at radius 1 is 0.844 bits per heavy atom. The van der Waals surface area contributed by atoms with Gasteiger partial charge in [0.1, 0.15) is 0 Å². The summed E-state index contributed by atoms with van der Waals surface area (Å²) in [6.45, 7) is 4.61. The summed E-state index contributed by atoms with van der Waals surface area (Å²) in [6, 6.07) is 20.5. The summed E-state index contributed by atoms with van der Waals surface area (Å²) in [5.74, 6) is 0.151. The van der Waals surface area contributed by atoms with Gasteiger partial charge in [0, 0.05) is 30.6 Å². The molecule has 0 aliphatic heterocycles. The average molecular weight is 473 g/mol. The van der Waals surface area contributed by atoms with Gasteiger partial charge in [0.2, 0.25) is 10.0 Å². The third kappa shape index (κ3) is 5.56. The molecule has 0 amide bonds. The monoisotopic (exact) mass is 472 g/mol. The first kappa shape index (κ1) is 24.0. The fourth-order valence-corrected chi connectivity index (χ4v) is 5.69. The highest BCUT2D eigenvalue weighted by Crippen LogP contribution is 2.30. The van der Waals surface area contributed by atoms with E-state index in [4.69, 9.17) is 5.73 Å². The number of sulfonamides is 1. The molecule has 3 rings (SSSR count). The maximum absolute atomic E-state index is 13.4. The van der Waals surface area contributed by atoms with Gasteiger partial charge in [0.25, 0.3) is 0 Å². The van der Waals surface area contributed by atoms with Gasteiger partial charge in [-0.3, -0.25) is 0 Å². The van der Waals surface area contributed by atoms with Crippen molar-refractivity contribution in [2.75, 3.05) is 18.5 Å². The first-order chi connectivity index (χ1) is 15.0. The van der Waals surface area contributed by atoms with E-state index < -0.39 is 19.9 Å². The van der Waals surface area contributed by atoms with Crippen LogP contribution < -0.4 is 5.73 Å². The van der Waals surface area contributed by atoms with Crippen LogP contribution in [0.5, 0.6) is 0 Å². The van der Waals surface area contributed by atoms with Crippen LogP contribution in [0.2, 0.25) is 0 Å². The molecule has 170 valence electrons. The summed E-state index contributed by atoms with van der Waals surface area (Å²) >= 11 is 0. The SMILES string of the molecule is CC(C)CN(Cc1ccccc1)S(=O)(=O)c1ccc(-c2ccc(S(C)(=O)=O)cc2)c(N)c1. The van der Waals surface area contributed by atoms with Gasteiger partial charge in [-0.15, -0.1) is 0 Å². The lowest BCUT2D eigenvalue weighted by Crippen LogP contribution is -2.33. The molecule has 0 heterocycles. The molecule has 32 heavy (non-hydrogen) atoms. The Morgan fingerprint density at radius 3 is 1.97 bits per heavy atom. The number of rotatable bonds is 8. The molecule has 0 atom stereocenters. The predicted molar refractivity (Wildman–Crippen MR) is 128 cm³/mol. The Morgan fingerprint density at radius 2 is 1.44 bits per heavy atom. The maximum Gasteiger partial charge on any atom is 0.243 e. The predicted octanol–water partition coefficient (Wildman–Crippen LogP) is 4.19. The van der Waals surface area contributed by atoms with E-state index in [0.29, 0.717) is 23.4 Å². The van der Waals surface area contributed by atoms with Crippen molar-refractivity contribution in [3.63, 3.8) is 0 Å². The lowest BCUT2D eigenvalue weighted by molar-refractivity contribution is 0.362. The minimum Gasteiger partial charge on any atom is -0.398 e. The van der Waals surface area contributed by atoms with Crippen molar-refractivity contribution < 1.29 is 16.8 Å². The van der Waals surface area contributed by atoms with Crippen LogP contribution in [-0.2, 0) is 26.4 Å². The highest BCUT2D eigenvalue weighted by Gasteiger charge is 2.26. The zero-order valence-corrected chi connectivity index (χ0v) is 20.0. The second-order valence-corrected chi connectivity index (χ2v) is 12.2. The van der Waals surface area contributed by atoms with Crippen molar-refractivity contribution in [1.29, 1.82) is 0 Å². The van der Waals surface area contributed by atoms with Gasteiger partial charge in [-0.1, -0.05) is 62.4 Å². The van der Waals surface area contributed by atoms with E-state index in [0.717, 1.165) is 11.8 Å². The first-order valence-corrected chi connectivity index (χ1v) is 13.6. The molecule has 3 aromatic rings. The smallest absolute Gasteiger partial charge is 0.243 e. The summed E-state index contributed by atoms with van der Waals surface area (Å²) in [5, 5.41) is 0. The zero-order chi connectivity index (χ0) is 23.5. The topological polar surface area (TPSA) is 97.5 Å². The van der Waals surface area contributed by atoms with Crippen LogP contribution in [0.4, 0.5) is 5.69 Å². The highest BCUT2D eigenvalue weighted by molar-refractivity contribution is 7.90. The molecule has 0 saturated carbocycles. The first-order valence-electron chi connectivity index (χ1n) is 10.2. The molecule has 0 aliphatic carbocycles. The largest absolute Gasteiger partial charge is 0.398 e. The minimum absolute atomic E-state index is 0.128. The molecule has 0 aliphatic rings. The lowest BCUT2D eigenvalue weighted by Gasteiger charge is -2.24. The number of hydrogen-bond acceptors (Lipinski definition) is 5. The van der Waals surface area contributed by atoms with E-state index in [1.807, 2.05) is 44.2 Å². The second-order valence-electron chi connectivity index (χ2n) is 8.22. The van der Waals surface area contributed by atoms with Crippen LogP contribution in [0, 0.1) is 5.92 Å². The lowest BCUT2D eigenvalue weighted by atomic mass is 10.0. The normalized spacial score (nSPS) is 12.4. The summed E-state index contributed by atoms with van der Waals surface area (Å²) in [5.41, 5.74) is 8.80. The molecule has 0 aromatic heterocycles. The van der Waals surface area contributed by atoms with Gasteiger partial charge >= 0.3 is 0 Å². The molecule has 0 fully saturated rings. The molecule has 0 spiro atoms. The zero-order valence-electron chi connectivity index (χ0n) is 18.4. The average Bonchev–Trinajstić information content (AvgIpc) is 2.73. The number of nitrogen functional groups attached to an aromatic ring is 1. The fourth-order valence-electron chi connectivity index (χ4n) is 3.44. The quantitative estimate of drug-likeness (QED) is 0.496. The van der Waals surface area contributed by atoms with Crippen molar-refractivity contribution in [2.45, 2.75) is 30.2 Å². The molecule has 0 radical (unpaired) electrons. The molecule has 0 unspecified atom stereocenters. The molecule has 3 aromatic carbocycles. The van der Waals surface area contributed by atoms with Gasteiger partial charge in [-0.2, -0.15) is 4.31 Å². The fraction of sp³-hybridized carbons (Fsp3) is 0.250. The summed E-state index contributed by atoms with van der Waals surface area (Å²) in [7, 11) is -7.07. The molecule has 0 saturated heterocycles. The van der Waals surface area contributed by atoms with E-state index in [9.17, 15) is 16.8 Å². The maximum atomic E-state index is 13.4. The van der Waals surface area contributed by atoms with Gasteiger partial charge in [-0.05, 0) is 41.3 Å². The van der Waals surface area contributed by atoms with E-state index in [1.54, 1.807) is 24.3 Å². The van der Waals surface area contributed by atoms with E-state index in [1.165, 1.54) is 22.5 Å². The standard InChI is InChI=1S/C24H28N2O4S2/c1-18(2)16-26(17-19-7-5-4-6-8-19)32(29,30)22-13-14-23(24(25)15-22)20-9-11-21(12-10-20)31(3,27)28/h4-15,18H,16-17,25H2,1-3H3. The van der Waals surface area contributed by atoms with Crippen LogP contribution in [0.15, 0.2) is 82.6 Å². The van der Waals surface area contributed by atoms with Crippen molar-refractivity contribution in [3.05, 3.63) is 78.4 Å². The van der Waals surface area contributed by atoms with Crippen molar-refractivity contribution in [3.8, 4) is 11.1 Å². The Hall–Kier alpha value is -2.68. The minimum atomic E-state index is -3.77. The number of benzene rings is 3. The highest BCUT2D eigenvalue weighted by atomic mass is 32.2. The van der Waals surface area contributed by atoms with Gasteiger partial charge in [-0.25, -0.2) is 16.8 Å². The van der Waals surface area contributed by atoms with Gasteiger partial charge in [0.15, 0.2) is 9.84 Å². The molecule has 0 bridgehead atoms. The van der Waals surface area contributed by atoms with Crippen molar-refractivity contribution in [1.82, 2.24) is 4.31 Å². The Kier molecular flexibility index (Phi) is 7.07. The van der Waals surface area contributed by atoms with E-state index in [-0.39, 0.29) is 22.3 Å². The third-order valence-corrected chi connectivity index (χ3v) is 7.96. The summed E-state index contributed by atoms with van der Waals surface area (Å²) < 4.78 is 51.7. The number of hydrogen-bond donors (Lipinski definition) is 1. The number of nitrogens with two attached hydrogens (primary N) is 1. The molecular formula is C24H28N2O4S2. The molecule has 2 N–H and O–H groups in total. The Labute approximate surface area is 190 Å². The molecule has 6 nitrogen and oxygen atoms in total. The van der Waals surface area contributed by atoms with Crippen molar-refractivity contribution in [2.24, 2.45) is 5.92 Å². The van der Waals surface area contributed by atoms with Crippen LogP contribution >= 0.6 is 0 Å². The van der Waals surface area contributed by atoms with Crippen LogP contribution in [-0.4, -0.2) is 33.9 Å². The summed E-state index contributed by atoms with van der Waals surface area (Å²) in [6.07, 6.45) is 1.15. The van der Waals surface area contributed by atoms with Gasteiger partial charge in [0.05, 0.1) is 9.79 Å². The van der Waals surface area contributed by atoms with E-state index in [2.05, 4.69) is 0 Å². The molecule has 8 heteroatoms. The van der Waals surface area contributed by atoms with Crippen LogP contribution in [0.1, 0.15) is 19.4 Å². The summed E-state index contributed by atoms with van der Waals surface area (Å²) in [4.78, 5) is 0.340. The van der Waals surface area contributed by atoms with Crippen LogP contribution in [0.3, 0.4) is 0 Å². The van der Waals surface area contributed by atoms with Gasteiger partial charge < -0.3 is 5.73 Å². The third-order valence-electron chi connectivity index (χ3n) is 5.02. The van der Waals surface area contributed by atoms with Crippen LogP contribution in [0.25, 0.3) is 11.1 Å². The number of sulfone groups is 1. The molecular weight excluding hydrogens is 444 g/mol. The Bertz CT molecular complexity index is 1290. The second kappa shape index (κ2) is 9.44.